The molecule has 0 aromatic rings. The SMILES string of the molecule is CCCCC(CCCC)C1CC2CCC(O)CC2C1. The highest BCUT2D eigenvalue weighted by Gasteiger charge is 2.40. The van der Waals surface area contributed by atoms with E-state index in [0.717, 1.165) is 36.5 Å². The maximum Gasteiger partial charge on any atom is 0.0543 e. The number of aliphatic hydroxyl groups is 1. The number of fused-ring (bicyclic) bond motifs is 1. The largest absolute Gasteiger partial charge is 0.393 e. The Balaban J connectivity index is 1.87. The van der Waals surface area contributed by atoms with Gasteiger partial charge in [0.1, 0.15) is 0 Å². The van der Waals surface area contributed by atoms with E-state index < -0.39 is 0 Å². The van der Waals surface area contributed by atoms with Gasteiger partial charge in [0, 0.05) is 0 Å². The van der Waals surface area contributed by atoms with Gasteiger partial charge in [-0.25, -0.2) is 0 Å². The zero-order valence-electron chi connectivity index (χ0n) is 13.1. The lowest BCUT2D eigenvalue weighted by Gasteiger charge is -2.28. The van der Waals surface area contributed by atoms with Crippen LogP contribution >= 0.6 is 0 Å². The van der Waals surface area contributed by atoms with Crippen LogP contribution in [0.1, 0.15) is 84.5 Å². The van der Waals surface area contributed by atoms with Crippen LogP contribution in [0.5, 0.6) is 0 Å². The number of aliphatic hydroxyl groups excluding tert-OH is 1. The van der Waals surface area contributed by atoms with Gasteiger partial charge in [-0.2, -0.15) is 0 Å². The number of hydrogen-bond donors (Lipinski definition) is 1. The molecule has 2 aliphatic carbocycles. The van der Waals surface area contributed by atoms with Crippen LogP contribution in [0, 0.1) is 23.7 Å². The minimum absolute atomic E-state index is 0.0183. The smallest absolute Gasteiger partial charge is 0.0543 e. The molecule has 2 aliphatic rings. The molecule has 2 fully saturated rings. The lowest BCUT2D eigenvalue weighted by molar-refractivity contribution is 0.0805. The standard InChI is InChI=1S/C18H34O/c1-3-5-7-14(8-6-4-2)16-11-15-9-10-18(19)13-17(15)12-16/h14-19H,3-13H2,1-2H3. The van der Waals surface area contributed by atoms with E-state index in [2.05, 4.69) is 13.8 Å². The fourth-order valence-electron chi connectivity index (χ4n) is 4.71. The van der Waals surface area contributed by atoms with Crippen molar-refractivity contribution in [2.24, 2.45) is 23.7 Å². The van der Waals surface area contributed by atoms with Crippen molar-refractivity contribution in [1.82, 2.24) is 0 Å². The highest BCUT2D eigenvalue weighted by atomic mass is 16.3. The minimum Gasteiger partial charge on any atom is -0.393 e. The molecule has 4 atom stereocenters. The van der Waals surface area contributed by atoms with Gasteiger partial charge >= 0.3 is 0 Å². The van der Waals surface area contributed by atoms with E-state index in [-0.39, 0.29) is 6.10 Å². The second kappa shape index (κ2) is 7.67. The van der Waals surface area contributed by atoms with Crippen LogP contribution in [0.15, 0.2) is 0 Å². The molecule has 1 nitrogen and oxygen atoms in total. The van der Waals surface area contributed by atoms with Gasteiger partial charge in [0.25, 0.3) is 0 Å². The van der Waals surface area contributed by atoms with Crippen LogP contribution < -0.4 is 0 Å². The summed E-state index contributed by atoms with van der Waals surface area (Å²) in [5.41, 5.74) is 0. The second-order valence-corrected chi connectivity index (χ2v) is 7.26. The third-order valence-corrected chi connectivity index (χ3v) is 5.85. The Morgan fingerprint density at radius 2 is 1.53 bits per heavy atom. The van der Waals surface area contributed by atoms with E-state index >= 15 is 0 Å². The van der Waals surface area contributed by atoms with Gasteiger partial charge in [0.2, 0.25) is 0 Å². The van der Waals surface area contributed by atoms with E-state index in [9.17, 15) is 5.11 Å². The van der Waals surface area contributed by atoms with E-state index in [0.29, 0.717) is 0 Å². The van der Waals surface area contributed by atoms with E-state index in [4.69, 9.17) is 0 Å². The molecule has 0 spiro atoms. The quantitative estimate of drug-likeness (QED) is 0.674. The van der Waals surface area contributed by atoms with E-state index in [1.165, 1.54) is 57.8 Å². The molecule has 1 heteroatoms. The first-order valence-electron chi connectivity index (χ1n) is 8.92. The Morgan fingerprint density at radius 1 is 0.895 bits per heavy atom. The molecule has 0 aromatic carbocycles. The average Bonchev–Trinajstić information content (AvgIpc) is 2.81. The molecule has 0 amide bonds. The van der Waals surface area contributed by atoms with Crippen LogP contribution in [0.2, 0.25) is 0 Å². The van der Waals surface area contributed by atoms with Crippen LogP contribution in [0.3, 0.4) is 0 Å². The van der Waals surface area contributed by atoms with Crippen molar-refractivity contribution in [3.8, 4) is 0 Å². The first kappa shape index (κ1) is 15.4. The molecule has 0 radical (unpaired) electrons. The van der Waals surface area contributed by atoms with Crippen molar-refractivity contribution in [3.63, 3.8) is 0 Å². The summed E-state index contributed by atoms with van der Waals surface area (Å²) in [5, 5.41) is 9.86. The topological polar surface area (TPSA) is 20.2 Å². The van der Waals surface area contributed by atoms with Crippen LogP contribution in [0.25, 0.3) is 0 Å². The predicted molar refractivity (Wildman–Crippen MR) is 82.1 cm³/mol. The Morgan fingerprint density at radius 3 is 2.16 bits per heavy atom. The van der Waals surface area contributed by atoms with Crippen molar-refractivity contribution in [1.29, 1.82) is 0 Å². The molecule has 19 heavy (non-hydrogen) atoms. The van der Waals surface area contributed by atoms with Gasteiger partial charge in [0.05, 0.1) is 6.10 Å². The molecule has 1 N–H and O–H groups in total. The molecule has 2 saturated carbocycles. The van der Waals surface area contributed by atoms with Crippen molar-refractivity contribution >= 4 is 0 Å². The molecule has 0 saturated heterocycles. The summed E-state index contributed by atoms with van der Waals surface area (Å²) in [6.07, 6.45) is 14.9. The number of hydrogen-bond acceptors (Lipinski definition) is 1. The lowest BCUT2D eigenvalue weighted by atomic mass is 9.80. The van der Waals surface area contributed by atoms with Gasteiger partial charge < -0.3 is 5.11 Å². The summed E-state index contributed by atoms with van der Waals surface area (Å²) in [4.78, 5) is 0. The molecule has 0 aliphatic heterocycles. The third kappa shape index (κ3) is 4.21. The zero-order valence-corrected chi connectivity index (χ0v) is 13.1. The molecule has 0 heterocycles. The van der Waals surface area contributed by atoms with E-state index in [1.807, 2.05) is 0 Å². The molecule has 112 valence electrons. The van der Waals surface area contributed by atoms with Crippen molar-refractivity contribution < 1.29 is 5.11 Å². The van der Waals surface area contributed by atoms with Gasteiger partial charge in [-0.05, 0) is 55.8 Å². The first-order valence-corrected chi connectivity index (χ1v) is 8.92. The number of rotatable bonds is 7. The van der Waals surface area contributed by atoms with Gasteiger partial charge in [-0.15, -0.1) is 0 Å². The normalized spacial score (nSPS) is 34.7. The first-order chi connectivity index (χ1) is 9.24. The molecule has 0 bridgehead atoms. The minimum atomic E-state index is 0.0183. The van der Waals surface area contributed by atoms with Crippen molar-refractivity contribution in [3.05, 3.63) is 0 Å². The third-order valence-electron chi connectivity index (χ3n) is 5.85. The molecule has 0 aromatic heterocycles. The van der Waals surface area contributed by atoms with Crippen molar-refractivity contribution in [2.45, 2.75) is 90.6 Å². The Hall–Kier alpha value is -0.0400. The maximum absolute atomic E-state index is 9.86. The zero-order chi connectivity index (χ0) is 13.7. The summed E-state index contributed by atoms with van der Waals surface area (Å²) >= 11 is 0. The summed E-state index contributed by atoms with van der Waals surface area (Å²) in [5.74, 6) is 3.79. The highest BCUT2D eigenvalue weighted by molar-refractivity contribution is 4.91. The summed E-state index contributed by atoms with van der Waals surface area (Å²) in [6, 6.07) is 0. The van der Waals surface area contributed by atoms with Gasteiger partial charge in [-0.3, -0.25) is 0 Å². The number of unbranched alkanes of at least 4 members (excludes halogenated alkanes) is 2. The summed E-state index contributed by atoms with van der Waals surface area (Å²) in [7, 11) is 0. The van der Waals surface area contributed by atoms with E-state index in [1.54, 1.807) is 0 Å². The van der Waals surface area contributed by atoms with Gasteiger partial charge in [-0.1, -0.05) is 52.4 Å². The predicted octanol–water partition coefficient (Wildman–Crippen LogP) is 5.17. The van der Waals surface area contributed by atoms with Crippen LogP contribution in [0.4, 0.5) is 0 Å². The van der Waals surface area contributed by atoms with Crippen LogP contribution in [-0.2, 0) is 0 Å². The summed E-state index contributed by atoms with van der Waals surface area (Å²) < 4.78 is 0. The highest BCUT2D eigenvalue weighted by Crippen LogP contribution is 2.49. The molecular formula is C18H34O. The molecule has 2 rings (SSSR count). The maximum atomic E-state index is 9.86. The fourth-order valence-corrected chi connectivity index (χ4v) is 4.71. The Bertz CT molecular complexity index is 242. The molecular weight excluding hydrogens is 232 g/mol. The molecule has 4 unspecified atom stereocenters. The van der Waals surface area contributed by atoms with Crippen LogP contribution in [-0.4, -0.2) is 11.2 Å². The second-order valence-electron chi connectivity index (χ2n) is 7.26. The monoisotopic (exact) mass is 266 g/mol. The average molecular weight is 266 g/mol. The van der Waals surface area contributed by atoms with Crippen molar-refractivity contribution in [2.75, 3.05) is 0 Å². The summed E-state index contributed by atoms with van der Waals surface area (Å²) in [6.45, 7) is 4.64. The van der Waals surface area contributed by atoms with Gasteiger partial charge in [0.15, 0.2) is 0 Å². The fraction of sp³-hybridized carbons (Fsp3) is 1.00. The lowest BCUT2D eigenvalue weighted by Crippen LogP contribution is -2.23. The Kier molecular flexibility index (Phi) is 6.19. The Labute approximate surface area is 120 Å².